The predicted octanol–water partition coefficient (Wildman–Crippen LogP) is 2.62. The van der Waals surface area contributed by atoms with Crippen molar-refractivity contribution in [1.82, 2.24) is 9.97 Å². The van der Waals surface area contributed by atoms with E-state index in [1.54, 1.807) is 0 Å². The van der Waals surface area contributed by atoms with E-state index in [1.165, 1.54) is 22.7 Å². The number of nitrogens with one attached hydrogen (secondary N) is 1. The number of nitrogens with zero attached hydrogens (tertiary/aromatic N) is 3. The Bertz CT molecular complexity index is 617. The molecule has 2 heterocycles. The van der Waals surface area contributed by atoms with Gasteiger partial charge in [-0.15, -0.1) is 11.3 Å². The van der Waals surface area contributed by atoms with Crippen molar-refractivity contribution in [3.63, 3.8) is 0 Å². The zero-order valence-corrected chi connectivity index (χ0v) is 13.4. The average molecular weight is 311 g/mol. The maximum absolute atomic E-state index is 12.2. The highest BCUT2D eigenvalue weighted by atomic mass is 32.1. The van der Waals surface area contributed by atoms with Gasteiger partial charge in [0, 0.05) is 19.5 Å². The second kappa shape index (κ2) is 5.76. The van der Waals surface area contributed by atoms with Crippen LogP contribution in [0.3, 0.4) is 0 Å². The largest absolute Gasteiger partial charge is 0.382 e. The quantitative estimate of drug-likeness (QED) is 0.906. The first-order chi connectivity index (χ1) is 9.38. The number of anilines is 3. The number of carbonyl (C=O) groups is 1. The summed E-state index contributed by atoms with van der Waals surface area (Å²) < 4.78 is 0. The minimum absolute atomic E-state index is 0.247. The van der Waals surface area contributed by atoms with Crippen molar-refractivity contribution in [3.05, 3.63) is 16.0 Å². The highest BCUT2D eigenvalue weighted by Gasteiger charge is 2.18. The third kappa shape index (κ3) is 3.07. The van der Waals surface area contributed by atoms with E-state index < -0.39 is 0 Å². The predicted molar refractivity (Wildman–Crippen MR) is 85.0 cm³/mol. The Morgan fingerprint density at radius 3 is 2.60 bits per heavy atom. The first-order valence-electron chi connectivity index (χ1n) is 6.09. The second-order valence-corrected chi connectivity index (χ2v) is 6.63. The van der Waals surface area contributed by atoms with Gasteiger partial charge in [-0.3, -0.25) is 10.1 Å². The molecular formula is C12H17N5OS2. The highest BCUT2D eigenvalue weighted by Crippen LogP contribution is 2.28. The lowest BCUT2D eigenvalue weighted by Crippen LogP contribution is -2.12. The Morgan fingerprint density at radius 2 is 2.10 bits per heavy atom. The molecule has 6 nitrogen and oxygen atoms in total. The molecule has 1 amide bonds. The summed E-state index contributed by atoms with van der Waals surface area (Å²) in [5.74, 6) is 0.320. The molecule has 3 N–H and O–H groups in total. The molecule has 0 aliphatic rings. The molecule has 2 aromatic heterocycles. The van der Waals surface area contributed by atoms with E-state index in [9.17, 15) is 4.79 Å². The summed E-state index contributed by atoms with van der Waals surface area (Å²) in [6.45, 7) is 4.12. The van der Waals surface area contributed by atoms with Crippen LogP contribution in [0.2, 0.25) is 0 Å². The van der Waals surface area contributed by atoms with Crippen LogP contribution in [0.15, 0.2) is 5.38 Å². The molecule has 0 spiro atoms. The zero-order chi connectivity index (χ0) is 14.9. The van der Waals surface area contributed by atoms with Gasteiger partial charge in [0.15, 0.2) is 10.3 Å². The average Bonchev–Trinajstić information content (AvgIpc) is 2.95. The lowest BCUT2D eigenvalue weighted by molar-refractivity contribution is 0.103. The van der Waals surface area contributed by atoms with Crippen LogP contribution < -0.4 is 16.0 Å². The molecule has 0 aliphatic heterocycles. The van der Waals surface area contributed by atoms with E-state index in [-0.39, 0.29) is 11.7 Å². The van der Waals surface area contributed by atoms with Gasteiger partial charge in [-0.2, -0.15) is 0 Å². The van der Waals surface area contributed by atoms with E-state index in [2.05, 4.69) is 29.1 Å². The van der Waals surface area contributed by atoms with Crippen LogP contribution in [0, 0.1) is 0 Å². The van der Waals surface area contributed by atoms with Gasteiger partial charge < -0.3 is 10.6 Å². The van der Waals surface area contributed by atoms with Crippen LogP contribution >= 0.6 is 22.7 Å². The van der Waals surface area contributed by atoms with Gasteiger partial charge in [0.1, 0.15) is 10.7 Å². The third-order valence-corrected chi connectivity index (χ3v) is 4.58. The van der Waals surface area contributed by atoms with Crippen molar-refractivity contribution >= 4 is 44.7 Å². The van der Waals surface area contributed by atoms with Crippen molar-refractivity contribution in [1.29, 1.82) is 0 Å². The summed E-state index contributed by atoms with van der Waals surface area (Å²) in [4.78, 5) is 22.9. The number of amides is 1. The van der Waals surface area contributed by atoms with Crippen LogP contribution in [0.4, 0.5) is 16.1 Å². The van der Waals surface area contributed by atoms with E-state index in [4.69, 9.17) is 5.73 Å². The fourth-order valence-electron chi connectivity index (χ4n) is 1.44. The van der Waals surface area contributed by atoms with Crippen molar-refractivity contribution < 1.29 is 4.79 Å². The molecule has 0 atom stereocenters. The topological polar surface area (TPSA) is 84.1 Å². The lowest BCUT2D eigenvalue weighted by atomic mass is 10.2. The van der Waals surface area contributed by atoms with Crippen molar-refractivity contribution in [2.24, 2.45) is 0 Å². The lowest BCUT2D eigenvalue weighted by Gasteiger charge is -2.04. The number of hydrogen-bond acceptors (Lipinski definition) is 7. The molecule has 2 rings (SSSR count). The Hall–Kier alpha value is -1.67. The number of aromatic nitrogens is 2. The summed E-state index contributed by atoms with van der Waals surface area (Å²) in [7, 11) is 3.71. The first kappa shape index (κ1) is 14.7. The summed E-state index contributed by atoms with van der Waals surface area (Å²) in [5, 5.41) is 6.00. The highest BCUT2D eigenvalue weighted by molar-refractivity contribution is 7.18. The maximum Gasteiger partial charge on any atom is 0.271 e. The SMILES string of the molecule is CC(C)c1csc(NC(=O)c2sc(N(C)C)nc2N)n1. The van der Waals surface area contributed by atoms with E-state index in [0.717, 1.165) is 5.69 Å². The summed E-state index contributed by atoms with van der Waals surface area (Å²) in [6, 6.07) is 0. The molecular weight excluding hydrogens is 294 g/mol. The third-order valence-electron chi connectivity index (χ3n) is 2.56. The Kier molecular flexibility index (Phi) is 4.24. The summed E-state index contributed by atoms with van der Waals surface area (Å²) >= 11 is 2.67. The fraction of sp³-hybridized carbons (Fsp3) is 0.417. The molecule has 0 bridgehead atoms. The van der Waals surface area contributed by atoms with Crippen molar-refractivity contribution in [3.8, 4) is 0 Å². The van der Waals surface area contributed by atoms with Crippen LogP contribution in [0.25, 0.3) is 0 Å². The van der Waals surface area contributed by atoms with Gasteiger partial charge >= 0.3 is 0 Å². The second-order valence-electron chi connectivity index (χ2n) is 4.79. The van der Waals surface area contributed by atoms with Gasteiger partial charge in [-0.25, -0.2) is 9.97 Å². The number of thiazole rings is 2. The standard InChI is InChI=1S/C12H17N5OS2/c1-6(2)7-5-19-11(14-7)16-10(18)8-9(13)15-12(20-8)17(3)4/h5-6H,13H2,1-4H3,(H,14,16,18). The zero-order valence-electron chi connectivity index (χ0n) is 11.8. The molecule has 8 heteroatoms. The van der Waals surface area contributed by atoms with Crippen LogP contribution in [-0.4, -0.2) is 30.0 Å². The number of rotatable bonds is 4. The Labute approximate surface area is 125 Å². The number of hydrogen-bond donors (Lipinski definition) is 2. The minimum atomic E-state index is -0.266. The van der Waals surface area contributed by atoms with Gasteiger partial charge in [0.05, 0.1) is 5.69 Å². The van der Waals surface area contributed by atoms with Gasteiger partial charge in [-0.05, 0) is 5.92 Å². The maximum atomic E-state index is 12.2. The van der Waals surface area contributed by atoms with E-state index in [0.29, 0.717) is 21.1 Å². The molecule has 0 radical (unpaired) electrons. The Balaban J connectivity index is 2.15. The molecule has 2 aromatic rings. The summed E-state index contributed by atoms with van der Waals surface area (Å²) in [5.41, 5.74) is 6.75. The summed E-state index contributed by atoms with van der Waals surface area (Å²) in [6.07, 6.45) is 0. The number of nitrogens with two attached hydrogens (primary N) is 1. The van der Waals surface area contributed by atoms with E-state index >= 15 is 0 Å². The van der Waals surface area contributed by atoms with Crippen LogP contribution in [0.5, 0.6) is 0 Å². The normalized spacial score (nSPS) is 10.8. The van der Waals surface area contributed by atoms with Crippen molar-refractivity contribution in [2.75, 3.05) is 30.0 Å². The van der Waals surface area contributed by atoms with Crippen LogP contribution in [-0.2, 0) is 0 Å². The number of nitrogen functional groups attached to an aromatic ring is 1. The molecule has 0 aliphatic carbocycles. The van der Waals surface area contributed by atoms with Crippen molar-refractivity contribution in [2.45, 2.75) is 19.8 Å². The van der Waals surface area contributed by atoms with Gasteiger partial charge in [-0.1, -0.05) is 25.2 Å². The fourth-order valence-corrected chi connectivity index (χ4v) is 3.11. The van der Waals surface area contributed by atoms with E-state index in [1.807, 2.05) is 24.4 Å². The molecule has 20 heavy (non-hydrogen) atoms. The smallest absolute Gasteiger partial charge is 0.271 e. The van der Waals surface area contributed by atoms with Gasteiger partial charge in [0.25, 0.3) is 5.91 Å². The molecule has 108 valence electrons. The molecule has 0 saturated heterocycles. The molecule has 0 unspecified atom stereocenters. The monoisotopic (exact) mass is 311 g/mol. The van der Waals surface area contributed by atoms with Gasteiger partial charge in [0.2, 0.25) is 0 Å². The molecule has 0 aromatic carbocycles. The first-order valence-corrected chi connectivity index (χ1v) is 7.78. The Morgan fingerprint density at radius 1 is 1.40 bits per heavy atom. The molecule has 0 fully saturated rings. The van der Waals surface area contributed by atoms with Crippen LogP contribution in [0.1, 0.15) is 35.1 Å². The minimum Gasteiger partial charge on any atom is -0.382 e. The number of carbonyl (C=O) groups excluding carboxylic acids is 1. The molecule has 0 saturated carbocycles.